The molecule has 0 saturated carbocycles. The van der Waals surface area contributed by atoms with Crippen LogP contribution in [0.2, 0.25) is 0 Å². The number of carbonyl (C=O) groups is 2. The lowest BCUT2D eigenvalue weighted by Crippen LogP contribution is -2.30. The second-order valence-corrected chi connectivity index (χ2v) is 18.9. The van der Waals surface area contributed by atoms with Gasteiger partial charge in [0.1, 0.15) is 6.61 Å². The molecular formula is C55H108O5. The van der Waals surface area contributed by atoms with Crippen LogP contribution in [0.1, 0.15) is 316 Å². The largest absolute Gasteiger partial charge is 0.462 e. The van der Waals surface area contributed by atoms with Crippen molar-refractivity contribution >= 4 is 11.9 Å². The van der Waals surface area contributed by atoms with Gasteiger partial charge in [-0.1, -0.05) is 284 Å². The lowest BCUT2D eigenvalue weighted by Gasteiger charge is -2.18. The van der Waals surface area contributed by atoms with E-state index in [0.29, 0.717) is 26.1 Å². The van der Waals surface area contributed by atoms with E-state index in [-0.39, 0.29) is 18.5 Å². The highest BCUT2D eigenvalue weighted by Gasteiger charge is 2.17. The fraction of sp³-hybridized carbons (Fsp3) is 0.964. The van der Waals surface area contributed by atoms with E-state index in [1.807, 2.05) is 0 Å². The molecule has 0 fully saturated rings. The molecule has 0 radical (unpaired) electrons. The Morgan fingerprint density at radius 3 is 0.850 bits per heavy atom. The first-order valence-electron chi connectivity index (χ1n) is 27.6. The zero-order chi connectivity index (χ0) is 43.5. The zero-order valence-corrected chi connectivity index (χ0v) is 41.3. The molecule has 5 nitrogen and oxygen atoms in total. The van der Waals surface area contributed by atoms with E-state index >= 15 is 0 Å². The van der Waals surface area contributed by atoms with Crippen LogP contribution < -0.4 is 0 Å². The highest BCUT2D eigenvalue weighted by molar-refractivity contribution is 5.70. The summed E-state index contributed by atoms with van der Waals surface area (Å²) >= 11 is 0. The van der Waals surface area contributed by atoms with Crippen LogP contribution in [0.5, 0.6) is 0 Å². The summed E-state index contributed by atoms with van der Waals surface area (Å²) in [5.41, 5.74) is 0. The van der Waals surface area contributed by atoms with Gasteiger partial charge in [0.15, 0.2) is 6.10 Å². The van der Waals surface area contributed by atoms with Gasteiger partial charge in [0.05, 0.1) is 6.61 Å². The van der Waals surface area contributed by atoms with E-state index in [4.69, 9.17) is 14.2 Å². The predicted octanol–water partition coefficient (Wildman–Crippen LogP) is 18.5. The van der Waals surface area contributed by atoms with E-state index in [2.05, 4.69) is 20.8 Å². The lowest BCUT2D eigenvalue weighted by molar-refractivity contribution is -0.163. The fourth-order valence-electron chi connectivity index (χ4n) is 8.51. The molecule has 5 heteroatoms. The molecule has 0 aromatic rings. The third-order valence-electron chi connectivity index (χ3n) is 12.6. The Bertz CT molecular complexity index is 830. The van der Waals surface area contributed by atoms with Crippen LogP contribution in [0.4, 0.5) is 0 Å². The predicted molar refractivity (Wildman–Crippen MR) is 261 cm³/mol. The van der Waals surface area contributed by atoms with Crippen molar-refractivity contribution in [2.24, 2.45) is 0 Å². The van der Waals surface area contributed by atoms with Gasteiger partial charge in [-0.15, -0.1) is 0 Å². The molecule has 0 aliphatic heterocycles. The van der Waals surface area contributed by atoms with Gasteiger partial charge < -0.3 is 14.2 Å². The molecule has 0 heterocycles. The maximum atomic E-state index is 12.8. The maximum Gasteiger partial charge on any atom is 0.306 e. The fourth-order valence-corrected chi connectivity index (χ4v) is 8.51. The van der Waals surface area contributed by atoms with E-state index < -0.39 is 6.10 Å². The van der Waals surface area contributed by atoms with Gasteiger partial charge in [-0.3, -0.25) is 9.59 Å². The second-order valence-electron chi connectivity index (χ2n) is 18.9. The molecule has 0 aromatic heterocycles. The quantitative estimate of drug-likeness (QED) is 0.0451. The standard InChI is InChI=1S/C55H108O5/c1-4-7-10-13-16-19-22-25-27-28-30-31-33-36-39-42-45-48-54(56)59-52-53(51-58-50-47-44-41-38-35-24-21-18-15-12-9-6-3)60-55(57)49-46-43-40-37-34-32-29-26-23-20-17-14-11-8-5-2/h53H,4-52H2,1-3H3. The average molecular weight is 849 g/mol. The minimum atomic E-state index is -0.523. The summed E-state index contributed by atoms with van der Waals surface area (Å²) < 4.78 is 17.4. The average Bonchev–Trinajstić information content (AvgIpc) is 3.25. The normalized spacial score (nSPS) is 12.0. The number of unbranched alkanes of at least 4 members (excludes halogenated alkanes) is 41. The van der Waals surface area contributed by atoms with Crippen molar-refractivity contribution in [3.63, 3.8) is 0 Å². The summed E-state index contributed by atoms with van der Waals surface area (Å²) in [6.45, 7) is 7.91. The SMILES string of the molecule is CCCCCCCCCCCCCCCCCCCC(=O)OCC(COCCCCCCCCCCCCCC)OC(=O)CCCCCCCCCCCCCCCCC. The Balaban J connectivity index is 4.16. The third-order valence-corrected chi connectivity index (χ3v) is 12.6. The van der Waals surface area contributed by atoms with Crippen molar-refractivity contribution in [1.82, 2.24) is 0 Å². The molecule has 0 amide bonds. The summed E-state index contributed by atoms with van der Waals surface area (Å²) in [6, 6.07) is 0. The van der Waals surface area contributed by atoms with Crippen molar-refractivity contribution in [3.05, 3.63) is 0 Å². The highest BCUT2D eigenvalue weighted by Crippen LogP contribution is 2.17. The van der Waals surface area contributed by atoms with Gasteiger partial charge in [0.25, 0.3) is 0 Å². The first kappa shape index (κ1) is 58.9. The molecule has 0 aliphatic carbocycles. The number of esters is 2. The number of hydrogen-bond donors (Lipinski definition) is 0. The molecule has 0 bridgehead atoms. The van der Waals surface area contributed by atoms with E-state index in [1.54, 1.807) is 0 Å². The van der Waals surface area contributed by atoms with E-state index in [0.717, 1.165) is 32.1 Å². The van der Waals surface area contributed by atoms with Gasteiger partial charge in [-0.2, -0.15) is 0 Å². The first-order valence-corrected chi connectivity index (χ1v) is 27.6. The number of hydrogen-bond acceptors (Lipinski definition) is 5. The van der Waals surface area contributed by atoms with Crippen molar-refractivity contribution < 1.29 is 23.8 Å². The van der Waals surface area contributed by atoms with Gasteiger partial charge in [-0.05, 0) is 19.3 Å². The summed E-state index contributed by atoms with van der Waals surface area (Å²) in [4.78, 5) is 25.4. The van der Waals surface area contributed by atoms with Crippen LogP contribution in [0.3, 0.4) is 0 Å². The van der Waals surface area contributed by atoms with Gasteiger partial charge in [0, 0.05) is 19.4 Å². The van der Waals surface area contributed by atoms with Crippen molar-refractivity contribution in [3.8, 4) is 0 Å². The Hall–Kier alpha value is -1.10. The molecule has 0 saturated heterocycles. The van der Waals surface area contributed by atoms with E-state index in [9.17, 15) is 9.59 Å². The maximum absolute atomic E-state index is 12.8. The van der Waals surface area contributed by atoms with Gasteiger partial charge >= 0.3 is 11.9 Å². The number of ether oxygens (including phenoxy) is 3. The topological polar surface area (TPSA) is 61.8 Å². The molecule has 0 spiro atoms. The molecule has 0 aliphatic rings. The molecule has 0 aromatic carbocycles. The smallest absolute Gasteiger partial charge is 0.306 e. The van der Waals surface area contributed by atoms with Crippen molar-refractivity contribution in [2.75, 3.05) is 19.8 Å². The minimum absolute atomic E-state index is 0.0980. The molecule has 0 rings (SSSR count). The van der Waals surface area contributed by atoms with Crippen molar-refractivity contribution in [2.45, 2.75) is 322 Å². The summed E-state index contributed by atoms with van der Waals surface area (Å²) in [5, 5.41) is 0. The number of rotatable bonds is 52. The Kier molecular flexibility index (Phi) is 51.3. The Morgan fingerprint density at radius 1 is 0.300 bits per heavy atom. The molecule has 60 heavy (non-hydrogen) atoms. The second kappa shape index (κ2) is 52.2. The van der Waals surface area contributed by atoms with Crippen LogP contribution >= 0.6 is 0 Å². The summed E-state index contributed by atoms with van der Waals surface area (Å²) in [6.07, 6.45) is 58.2. The third kappa shape index (κ3) is 49.6. The van der Waals surface area contributed by atoms with Crippen LogP contribution in [0, 0.1) is 0 Å². The molecular weight excluding hydrogens is 741 g/mol. The lowest BCUT2D eigenvalue weighted by atomic mass is 10.0. The molecule has 1 atom stereocenters. The summed E-state index contributed by atoms with van der Waals surface area (Å²) in [5.74, 6) is -0.367. The van der Waals surface area contributed by atoms with E-state index in [1.165, 1.54) is 250 Å². The monoisotopic (exact) mass is 849 g/mol. The number of carbonyl (C=O) groups excluding carboxylic acids is 2. The molecule has 0 N–H and O–H groups in total. The molecule has 358 valence electrons. The molecule has 1 unspecified atom stereocenters. The van der Waals surface area contributed by atoms with Crippen LogP contribution in [0.25, 0.3) is 0 Å². The van der Waals surface area contributed by atoms with Crippen molar-refractivity contribution in [1.29, 1.82) is 0 Å². The van der Waals surface area contributed by atoms with Crippen LogP contribution in [-0.4, -0.2) is 37.9 Å². The van der Waals surface area contributed by atoms with Crippen LogP contribution in [0.15, 0.2) is 0 Å². The highest BCUT2D eigenvalue weighted by atomic mass is 16.6. The van der Waals surface area contributed by atoms with Crippen LogP contribution in [-0.2, 0) is 23.8 Å². The summed E-state index contributed by atoms with van der Waals surface area (Å²) in [7, 11) is 0. The van der Waals surface area contributed by atoms with Gasteiger partial charge in [-0.25, -0.2) is 0 Å². The Labute approximate surface area is 376 Å². The first-order chi connectivity index (χ1) is 29.6. The Morgan fingerprint density at radius 2 is 0.550 bits per heavy atom. The zero-order valence-electron chi connectivity index (χ0n) is 41.3. The minimum Gasteiger partial charge on any atom is -0.462 e. The van der Waals surface area contributed by atoms with Gasteiger partial charge in [0.2, 0.25) is 0 Å².